The number of anilines is 1. The fourth-order valence-corrected chi connectivity index (χ4v) is 5.22. The molecule has 2 amide bonds. The van der Waals surface area contributed by atoms with E-state index < -0.39 is 34.4 Å². The highest BCUT2D eigenvalue weighted by atomic mass is 19.2. The first-order valence-corrected chi connectivity index (χ1v) is 14.1. The van der Waals surface area contributed by atoms with E-state index in [9.17, 15) is 18.4 Å². The van der Waals surface area contributed by atoms with Gasteiger partial charge in [0.2, 0.25) is 0 Å². The highest BCUT2D eigenvalue weighted by Gasteiger charge is 2.41. The standard InChI is InChI=1S/C29H43F2N7O2/c1-7-10-11-12-29(6)17-24(38-14-13-32-19-38)35-36-25(29)27(40)33-23-16-22(31)21(30)15-20(23)26(39)34-28(4,5)18-37(8-2)9-3/h13-16,19,24,35H,7-12,17-18H2,1-6H3,(H,33,40)(H,34,39). The number of hydrazone groups is 1. The summed E-state index contributed by atoms with van der Waals surface area (Å²) in [6.45, 7) is 14.1. The monoisotopic (exact) mass is 559 g/mol. The maximum atomic E-state index is 14.4. The lowest BCUT2D eigenvalue weighted by atomic mass is 9.75. The molecule has 1 aliphatic heterocycles. The van der Waals surface area contributed by atoms with E-state index in [2.05, 4.69) is 38.0 Å². The quantitative estimate of drug-likeness (QED) is 0.297. The summed E-state index contributed by atoms with van der Waals surface area (Å²) in [5.74, 6) is -3.52. The number of unbranched alkanes of at least 4 members (excludes halogenated alkanes) is 2. The molecular formula is C29H43F2N7O2. The molecule has 0 radical (unpaired) electrons. The Morgan fingerprint density at radius 3 is 2.48 bits per heavy atom. The highest BCUT2D eigenvalue weighted by molar-refractivity contribution is 6.45. The van der Waals surface area contributed by atoms with E-state index in [0.29, 0.717) is 19.4 Å². The third-order valence-electron chi connectivity index (χ3n) is 7.49. The summed E-state index contributed by atoms with van der Waals surface area (Å²) < 4.78 is 30.6. The molecule has 0 fully saturated rings. The number of aromatic nitrogens is 2. The summed E-state index contributed by atoms with van der Waals surface area (Å²) in [6.07, 6.45) is 9.23. The van der Waals surface area contributed by atoms with Gasteiger partial charge in [0.05, 0.1) is 17.6 Å². The zero-order valence-corrected chi connectivity index (χ0v) is 24.5. The molecule has 3 N–H and O–H groups in total. The maximum Gasteiger partial charge on any atom is 0.272 e. The number of hydrogen-bond acceptors (Lipinski definition) is 6. The predicted octanol–water partition coefficient (Wildman–Crippen LogP) is 5.08. The van der Waals surface area contributed by atoms with Gasteiger partial charge in [-0.2, -0.15) is 5.10 Å². The van der Waals surface area contributed by atoms with Gasteiger partial charge in [-0.3, -0.25) is 15.0 Å². The fraction of sp³-hybridized carbons (Fsp3) is 0.586. The van der Waals surface area contributed by atoms with Gasteiger partial charge in [-0.05, 0) is 45.8 Å². The lowest BCUT2D eigenvalue weighted by Crippen LogP contribution is -2.51. The van der Waals surface area contributed by atoms with Crippen LogP contribution in [0.25, 0.3) is 0 Å². The van der Waals surface area contributed by atoms with Crippen molar-refractivity contribution in [2.45, 2.75) is 85.4 Å². The van der Waals surface area contributed by atoms with Gasteiger partial charge in [-0.25, -0.2) is 13.8 Å². The van der Waals surface area contributed by atoms with Gasteiger partial charge in [-0.1, -0.05) is 47.0 Å². The zero-order chi connectivity index (χ0) is 29.5. The van der Waals surface area contributed by atoms with Gasteiger partial charge in [0.1, 0.15) is 11.9 Å². The van der Waals surface area contributed by atoms with E-state index in [4.69, 9.17) is 0 Å². The second-order valence-corrected chi connectivity index (χ2v) is 11.4. The van der Waals surface area contributed by atoms with Crippen molar-refractivity contribution in [2.24, 2.45) is 10.5 Å². The Morgan fingerprint density at radius 1 is 1.15 bits per heavy atom. The molecule has 0 saturated heterocycles. The summed E-state index contributed by atoms with van der Waals surface area (Å²) in [6, 6.07) is 1.67. The lowest BCUT2D eigenvalue weighted by Gasteiger charge is -2.38. The number of nitrogens with zero attached hydrogens (tertiary/aromatic N) is 4. The Hall–Kier alpha value is -3.34. The third-order valence-corrected chi connectivity index (χ3v) is 7.49. The van der Waals surface area contributed by atoms with Crippen LogP contribution < -0.4 is 16.1 Å². The summed E-state index contributed by atoms with van der Waals surface area (Å²) >= 11 is 0. The predicted molar refractivity (Wildman–Crippen MR) is 153 cm³/mol. The summed E-state index contributed by atoms with van der Waals surface area (Å²) in [5, 5.41) is 10.0. The summed E-state index contributed by atoms with van der Waals surface area (Å²) in [7, 11) is 0. The molecule has 1 aliphatic rings. The number of imidazole rings is 1. The normalized spacial score (nSPS) is 19.2. The molecule has 0 aliphatic carbocycles. The molecule has 9 nitrogen and oxygen atoms in total. The van der Waals surface area contributed by atoms with Gasteiger partial charge in [0.15, 0.2) is 11.6 Å². The van der Waals surface area contributed by atoms with E-state index in [-0.39, 0.29) is 23.1 Å². The van der Waals surface area contributed by atoms with Crippen molar-refractivity contribution in [3.63, 3.8) is 0 Å². The molecule has 3 rings (SSSR count). The highest BCUT2D eigenvalue weighted by Crippen LogP contribution is 2.38. The molecule has 2 unspecified atom stereocenters. The number of halogens is 2. The van der Waals surface area contributed by atoms with Crippen LogP contribution in [0, 0.1) is 17.0 Å². The molecule has 0 spiro atoms. The van der Waals surface area contributed by atoms with Crippen LogP contribution in [-0.2, 0) is 4.79 Å². The van der Waals surface area contributed by atoms with Crippen LogP contribution in [0.1, 0.15) is 90.2 Å². The molecule has 0 bridgehead atoms. The molecule has 11 heteroatoms. The minimum atomic E-state index is -1.17. The van der Waals surface area contributed by atoms with Crippen molar-refractivity contribution in [2.75, 3.05) is 25.0 Å². The van der Waals surface area contributed by atoms with Crippen LogP contribution in [-0.4, -0.2) is 57.2 Å². The number of hydrogen-bond donors (Lipinski definition) is 3. The van der Waals surface area contributed by atoms with Crippen LogP contribution in [0.4, 0.5) is 14.5 Å². The van der Waals surface area contributed by atoms with Crippen molar-refractivity contribution in [1.29, 1.82) is 0 Å². The SMILES string of the molecule is CCCCCC1(C)CC(n2ccnc2)NN=C1C(=O)Nc1cc(F)c(F)cc1C(=O)NC(C)(C)CN(CC)CC. The lowest BCUT2D eigenvalue weighted by molar-refractivity contribution is -0.111. The van der Waals surface area contributed by atoms with E-state index >= 15 is 0 Å². The fourth-order valence-electron chi connectivity index (χ4n) is 5.22. The minimum absolute atomic E-state index is 0.115. The van der Waals surface area contributed by atoms with E-state index in [0.717, 1.165) is 44.5 Å². The Balaban J connectivity index is 1.88. The average Bonchev–Trinajstić information content (AvgIpc) is 3.44. The first kappa shape index (κ1) is 31.2. The number of benzene rings is 1. The molecule has 2 atom stereocenters. The van der Waals surface area contributed by atoms with Crippen molar-refractivity contribution in [3.8, 4) is 0 Å². The van der Waals surface area contributed by atoms with Gasteiger partial charge in [0.25, 0.3) is 11.8 Å². The molecule has 40 heavy (non-hydrogen) atoms. The largest absolute Gasteiger partial charge is 0.346 e. The zero-order valence-electron chi connectivity index (χ0n) is 24.5. The first-order valence-electron chi connectivity index (χ1n) is 14.1. The average molecular weight is 560 g/mol. The van der Waals surface area contributed by atoms with Crippen molar-refractivity contribution < 1.29 is 18.4 Å². The molecule has 2 aromatic rings. The number of carbonyl (C=O) groups is 2. The van der Waals surface area contributed by atoms with Crippen LogP contribution >= 0.6 is 0 Å². The number of amides is 2. The van der Waals surface area contributed by atoms with Gasteiger partial charge in [0, 0.05) is 36.0 Å². The van der Waals surface area contributed by atoms with E-state index in [1.807, 2.05) is 45.4 Å². The van der Waals surface area contributed by atoms with Crippen molar-refractivity contribution >= 4 is 23.2 Å². The maximum absolute atomic E-state index is 14.4. The third kappa shape index (κ3) is 7.65. The second kappa shape index (κ2) is 13.3. The summed E-state index contributed by atoms with van der Waals surface area (Å²) in [4.78, 5) is 33.2. The molecule has 220 valence electrons. The van der Waals surface area contributed by atoms with Crippen LogP contribution in [0.3, 0.4) is 0 Å². The van der Waals surface area contributed by atoms with Crippen LogP contribution in [0.15, 0.2) is 36.0 Å². The molecule has 1 aromatic carbocycles. The Kier molecular flexibility index (Phi) is 10.4. The molecule has 1 aromatic heterocycles. The van der Waals surface area contributed by atoms with E-state index in [1.165, 1.54) is 0 Å². The summed E-state index contributed by atoms with van der Waals surface area (Å²) in [5.41, 5.74) is 1.74. The smallest absolute Gasteiger partial charge is 0.272 e. The Labute approximate surface area is 235 Å². The Morgan fingerprint density at radius 2 is 1.85 bits per heavy atom. The number of carbonyl (C=O) groups excluding carboxylic acids is 2. The molecule has 2 heterocycles. The number of rotatable bonds is 13. The topological polar surface area (TPSA) is 104 Å². The van der Waals surface area contributed by atoms with Gasteiger partial charge >= 0.3 is 0 Å². The van der Waals surface area contributed by atoms with E-state index in [1.54, 1.807) is 12.5 Å². The number of nitrogens with one attached hydrogen (secondary N) is 3. The molecule has 0 saturated carbocycles. The van der Waals surface area contributed by atoms with Gasteiger partial charge in [-0.15, -0.1) is 0 Å². The van der Waals surface area contributed by atoms with Crippen molar-refractivity contribution in [1.82, 2.24) is 25.2 Å². The van der Waals surface area contributed by atoms with Crippen molar-refractivity contribution in [3.05, 3.63) is 48.1 Å². The Bertz CT molecular complexity index is 1200. The molecular weight excluding hydrogens is 516 g/mol. The minimum Gasteiger partial charge on any atom is -0.346 e. The van der Waals surface area contributed by atoms with Gasteiger partial charge < -0.3 is 20.1 Å². The van der Waals surface area contributed by atoms with Crippen LogP contribution in [0.2, 0.25) is 0 Å². The number of likely N-dealkylation sites (N-methyl/N-ethyl adjacent to an activating group) is 1. The first-order chi connectivity index (χ1) is 18.9. The second-order valence-electron chi connectivity index (χ2n) is 11.4. The van der Waals surface area contributed by atoms with Crippen LogP contribution in [0.5, 0.6) is 0 Å².